The first kappa shape index (κ1) is 8.57. The second kappa shape index (κ2) is 3.57. The van der Waals surface area contributed by atoms with Crippen molar-refractivity contribution < 1.29 is 25.9 Å². The Hall–Kier alpha value is -0.432. The van der Waals surface area contributed by atoms with Gasteiger partial charge in [-0.1, -0.05) is 12.6 Å². The molecule has 4 heteroatoms. The molecular formula is C5H5N2OW+. The molecule has 1 N–H and O–H groups in total. The van der Waals surface area contributed by atoms with Gasteiger partial charge in [0.05, 0.1) is 6.29 Å². The SMILES string of the molecule is Cc1[c-]n[nH]c1C=O.[W+2]. The van der Waals surface area contributed by atoms with Crippen molar-refractivity contribution in [2.45, 2.75) is 6.92 Å². The summed E-state index contributed by atoms with van der Waals surface area (Å²) in [5.41, 5.74) is 1.27. The van der Waals surface area contributed by atoms with Crippen molar-refractivity contribution in [1.29, 1.82) is 0 Å². The second-order valence-electron chi connectivity index (χ2n) is 1.49. The molecule has 0 saturated heterocycles. The largest absolute Gasteiger partial charge is 2.00 e. The summed E-state index contributed by atoms with van der Waals surface area (Å²) in [6, 6.07) is 0. The number of nitrogens with one attached hydrogen (secondary N) is 1. The molecule has 0 aliphatic heterocycles. The molecular weight excluding hydrogens is 288 g/mol. The number of aromatic amines is 1. The van der Waals surface area contributed by atoms with Crippen molar-refractivity contribution in [3.05, 3.63) is 17.5 Å². The minimum Gasteiger partial charge on any atom is -0.372 e. The summed E-state index contributed by atoms with van der Waals surface area (Å²) in [5.74, 6) is 0. The van der Waals surface area contributed by atoms with E-state index >= 15 is 0 Å². The van der Waals surface area contributed by atoms with Gasteiger partial charge in [-0.2, -0.15) is 5.56 Å². The minimum atomic E-state index is 0. The van der Waals surface area contributed by atoms with Gasteiger partial charge < -0.3 is 15.0 Å². The summed E-state index contributed by atoms with van der Waals surface area (Å²) < 4.78 is 0. The van der Waals surface area contributed by atoms with E-state index in [0.29, 0.717) is 5.69 Å². The maximum atomic E-state index is 10.00. The Morgan fingerprint density at radius 1 is 1.78 bits per heavy atom. The molecule has 1 heterocycles. The van der Waals surface area contributed by atoms with Crippen molar-refractivity contribution in [3.8, 4) is 0 Å². The standard InChI is InChI=1S/C5H5N2O.W/c1-4-2-6-7-5(4)3-8;/h3H,1H3,(H,6,7);/q-1;+2. The topological polar surface area (TPSA) is 45.8 Å². The molecule has 0 aliphatic carbocycles. The van der Waals surface area contributed by atoms with Gasteiger partial charge in [0.1, 0.15) is 0 Å². The monoisotopic (exact) mass is 293 g/mol. The first-order valence-corrected chi connectivity index (χ1v) is 2.22. The van der Waals surface area contributed by atoms with Crippen LogP contribution in [0.15, 0.2) is 0 Å². The van der Waals surface area contributed by atoms with E-state index in [0.717, 1.165) is 11.8 Å². The van der Waals surface area contributed by atoms with Gasteiger partial charge in [0, 0.05) is 0 Å². The molecule has 0 aromatic carbocycles. The van der Waals surface area contributed by atoms with Crippen LogP contribution in [0.3, 0.4) is 0 Å². The van der Waals surface area contributed by atoms with E-state index in [1.807, 2.05) is 0 Å². The van der Waals surface area contributed by atoms with Gasteiger partial charge in [-0.15, -0.1) is 6.20 Å². The van der Waals surface area contributed by atoms with E-state index in [1.54, 1.807) is 6.92 Å². The predicted molar refractivity (Wildman–Crippen MR) is 27.5 cm³/mol. The summed E-state index contributed by atoms with van der Waals surface area (Å²) in [4.78, 5) is 10.00. The van der Waals surface area contributed by atoms with Crippen molar-refractivity contribution in [1.82, 2.24) is 10.2 Å². The van der Waals surface area contributed by atoms with Crippen LogP contribution in [-0.4, -0.2) is 16.5 Å². The summed E-state index contributed by atoms with van der Waals surface area (Å²) >= 11 is 0. The van der Waals surface area contributed by atoms with Crippen molar-refractivity contribution >= 4 is 6.29 Å². The first-order valence-electron chi connectivity index (χ1n) is 2.22. The number of hydrogen-bond acceptors (Lipinski definition) is 2. The zero-order valence-electron chi connectivity index (χ0n) is 4.84. The van der Waals surface area contributed by atoms with Crippen LogP contribution in [0.2, 0.25) is 0 Å². The Morgan fingerprint density at radius 2 is 2.44 bits per heavy atom. The molecule has 0 amide bonds. The molecule has 0 saturated carbocycles. The average molecular weight is 293 g/mol. The van der Waals surface area contributed by atoms with Gasteiger partial charge in [-0.3, -0.25) is 0 Å². The zero-order chi connectivity index (χ0) is 5.98. The van der Waals surface area contributed by atoms with Crippen molar-refractivity contribution in [2.75, 3.05) is 0 Å². The second-order valence-corrected chi connectivity index (χ2v) is 1.49. The molecule has 0 aliphatic rings. The van der Waals surface area contributed by atoms with Crippen LogP contribution in [-0.2, 0) is 21.1 Å². The Morgan fingerprint density at radius 3 is 2.67 bits per heavy atom. The Bertz CT molecular complexity index is 197. The van der Waals surface area contributed by atoms with E-state index < -0.39 is 0 Å². The third-order valence-corrected chi connectivity index (χ3v) is 0.922. The van der Waals surface area contributed by atoms with E-state index in [1.165, 1.54) is 0 Å². The number of aryl methyl sites for hydroxylation is 1. The summed E-state index contributed by atoms with van der Waals surface area (Å²) in [5, 5.41) is 5.99. The van der Waals surface area contributed by atoms with Crippen LogP contribution in [0.4, 0.5) is 0 Å². The van der Waals surface area contributed by atoms with Crippen LogP contribution in [0.25, 0.3) is 0 Å². The number of nitrogens with zero attached hydrogens (tertiary/aromatic N) is 1. The molecule has 1 aromatic rings. The van der Waals surface area contributed by atoms with E-state index in [-0.39, 0.29) is 21.1 Å². The Balaban J connectivity index is 0.000000640. The smallest absolute Gasteiger partial charge is 0.372 e. The predicted octanol–water partition coefficient (Wildman–Crippen LogP) is 0.328. The maximum absolute atomic E-state index is 10.00. The van der Waals surface area contributed by atoms with Crippen LogP contribution < -0.4 is 0 Å². The number of H-pyrrole nitrogens is 1. The fourth-order valence-corrected chi connectivity index (χ4v) is 0.431. The Labute approximate surface area is 67.1 Å². The van der Waals surface area contributed by atoms with E-state index in [4.69, 9.17) is 0 Å². The van der Waals surface area contributed by atoms with Gasteiger partial charge in [0.25, 0.3) is 0 Å². The normalized spacial score (nSPS) is 8.11. The van der Waals surface area contributed by atoms with E-state index in [9.17, 15) is 4.79 Å². The number of aromatic nitrogens is 2. The fraction of sp³-hybridized carbons (Fsp3) is 0.200. The van der Waals surface area contributed by atoms with Crippen LogP contribution in [0.5, 0.6) is 0 Å². The number of carbonyl (C=O) groups is 1. The molecule has 0 atom stereocenters. The molecule has 0 fully saturated rings. The molecule has 0 unspecified atom stereocenters. The van der Waals surface area contributed by atoms with Crippen molar-refractivity contribution in [2.24, 2.45) is 0 Å². The fourth-order valence-electron chi connectivity index (χ4n) is 0.431. The summed E-state index contributed by atoms with van der Waals surface area (Å²) in [6.07, 6.45) is 3.30. The van der Waals surface area contributed by atoms with Gasteiger partial charge >= 0.3 is 21.1 Å². The first-order chi connectivity index (χ1) is 3.84. The van der Waals surface area contributed by atoms with Gasteiger partial charge in [0.15, 0.2) is 0 Å². The molecule has 0 radical (unpaired) electrons. The summed E-state index contributed by atoms with van der Waals surface area (Å²) in [6.45, 7) is 1.77. The van der Waals surface area contributed by atoms with Crippen molar-refractivity contribution in [3.63, 3.8) is 0 Å². The molecule has 9 heavy (non-hydrogen) atoms. The molecule has 0 spiro atoms. The molecule has 3 nitrogen and oxygen atoms in total. The van der Waals surface area contributed by atoms with Gasteiger partial charge in [0.2, 0.25) is 0 Å². The maximum Gasteiger partial charge on any atom is 2.00 e. The number of hydrogen-bond donors (Lipinski definition) is 1. The van der Waals surface area contributed by atoms with Crippen LogP contribution in [0, 0.1) is 13.1 Å². The third-order valence-electron chi connectivity index (χ3n) is 0.922. The van der Waals surface area contributed by atoms with Gasteiger partial charge in [-0.25, -0.2) is 0 Å². The Kier molecular flexibility index (Phi) is 3.40. The molecule has 46 valence electrons. The summed E-state index contributed by atoms with van der Waals surface area (Å²) in [7, 11) is 0. The molecule has 1 aromatic heterocycles. The quantitative estimate of drug-likeness (QED) is 0.599. The number of rotatable bonds is 1. The van der Waals surface area contributed by atoms with E-state index in [2.05, 4.69) is 16.4 Å². The van der Waals surface area contributed by atoms with Crippen LogP contribution in [0.1, 0.15) is 16.1 Å². The number of aldehydes is 1. The minimum absolute atomic E-state index is 0. The molecule has 0 bridgehead atoms. The zero-order valence-corrected chi connectivity index (χ0v) is 7.77. The van der Waals surface area contributed by atoms with Gasteiger partial charge in [-0.05, 0) is 0 Å². The number of carbonyl (C=O) groups excluding carboxylic acids is 1. The molecule has 1 rings (SSSR count). The van der Waals surface area contributed by atoms with Crippen LogP contribution >= 0.6 is 0 Å². The average Bonchev–Trinajstić information content (AvgIpc) is 2.14. The third kappa shape index (κ3) is 1.75.